The molecule has 0 aliphatic carbocycles. The third kappa shape index (κ3) is 5.81. The van der Waals surface area contributed by atoms with Crippen LogP contribution in [0.15, 0.2) is 42.2 Å². The minimum absolute atomic E-state index is 0.0670. The molecule has 0 atom stereocenters. The molecule has 0 aliphatic heterocycles. The van der Waals surface area contributed by atoms with Gasteiger partial charge in [-0.2, -0.15) is 5.10 Å². The van der Waals surface area contributed by atoms with Gasteiger partial charge in [-0.1, -0.05) is 11.6 Å². The van der Waals surface area contributed by atoms with Gasteiger partial charge in [0.2, 0.25) is 0 Å². The average Bonchev–Trinajstić information content (AvgIpc) is 3.09. The lowest BCUT2D eigenvalue weighted by Crippen LogP contribution is -2.23. The SMILES string of the molecule is CCOC(=O)/C=C(\C)NC(=O)c1ccn(COc2ccc([N+](=O)[O-])cc2Cl)n1. The molecule has 2 rings (SSSR count). The Morgan fingerprint density at radius 1 is 1.39 bits per heavy atom. The molecular formula is C17H17ClN4O6. The number of hydrogen-bond acceptors (Lipinski definition) is 7. The summed E-state index contributed by atoms with van der Waals surface area (Å²) in [7, 11) is 0. The molecule has 0 saturated heterocycles. The highest BCUT2D eigenvalue weighted by Gasteiger charge is 2.13. The molecule has 0 radical (unpaired) electrons. The van der Waals surface area contributed by atoms with Gasteiger partial charge in [-0.15, -0.1) is 0 Å². The van der Waals surface area contributed by atoms with Crippen molar-refractivity contribution in [2.45, 2.75) is 20.6 Å². The van der Waals surface area contributed by atoms with Gasteiger partial charge in [0.15, 0.2) is 12.4 Å². The number of nitrogens with one attached hydrogen (secondary N) is 1. The summed E-state index contributed by atoms with van der Waals surface area (Å²) in [4.78, 5) is 33.6. The number of ether oxygens (including phenoxy) is 2. The summed E-state index contributed by atoms with van der Waals surface area (Å²) in [6.07, 6.45) is 2.68. The van der Waals surface area contributed by atoms with Crippen LogP contribution in [0.4, 0.5) is 5.69 Å². The van der Waals surface area contributed by atoms with Gasteiger partial charge in [-0.3, -0.25) is 14.9 Å². The van der Waals surface area contributed by atoms with E-state index in [1.54, 1.807) is 13.8 Å². The Kier molecular flexibility index (Phi) is 7.10. The van der Waals surface area contributed by atoms with Crippen LogP contribution in [0.1, 0.15) is 24.3 Å². The summed E-state index contributed by atoms with van der Waals surface area (Å²) < 4.78 is 11.6. The number of nitro groups is 1. The Bertz CT molecular complexity index is 924. The number of amides is 1. The Morgan fingerprint density at radius 2 is 2.14 bits per heavy atom. The lowest BCUT2D eigenvalue weighted by molar-refractivity contribution is -0.384. The number of non-ortho nitro benzene ring substituents is 1. The van der Waals surface area contributed by atoms with Crippen LogP contribution in [-0.4, -0.2) is 33.2 Å². The van der Waals surface area contributed by atoms with Gasteiger partial charge in [0, 0.05) is 30.1 Å². The Labute approximate surface area is 164 Å². The number of carbonyl (C=O) groups is 2. The summed E-state index contributed by atoms with van der Waals surface area (Å²) in [6, 6.07) is 5.29. The van der Waals surface area contributed by atoms with Crippen molar-refractivity contribution < 1.29 is 24.0 Å². The first-order chi connectivity index (χ1) is 13.3. The maximum absolute atomic E-state index is 12.1. The number of rotatable bonds is 8. The van der Waals surface area contributed by atoms with Gasteiger partial charge >= 0.3 is 5.97 Å². The molecule has 28 heavy (non-hydrogen) atoms. The molecule has 11 heteroatoms. The summed E-state index contributed by atoms with van der Waals surface area (Å²) in [6.45, 7) is 3.39. The Hall–Kier alpha value is -3.40. The van der Waals surface area contributed by atoms with E-state index in [9.17, 15) is 19.7 Å². The lowest BCUT2D eigenvalue weighted by atomic mass is 10.3. The highest BCUT2D eigenvalue weighted by molar-refractivity contribution is 6.32. The largest absolute Gasteiger partial charge is 0.470 e. The third-order valence-electron chi connectivity index (χ3n) is 3.28. The monoisotopic (exact) mass is 408 g/mol. The van der Waals surface area contributed by atoms with E-state index in [-0.39, 0.29) is 35.5 Å². The second kappa shape index (κ2) is 9.51. The third-order valence-corrected chi connectivity index (χ3v) is 3.58. The number of carbonyl (C=O) groups excluding carboxylic acids is 2. The van der Waals surface area contributed by atoms with Crippen molar-refractivity contribution in [1.82, 2.24) is 15.1 Å². The number of nitro benzene ring substituents is 1. The van der Waals surface area contributed by atoms with Gasteiger partial charge in [0.1, 0.15) is 5.75 Å². The smallest absolute Gasteiger partial charge is 0.332 e. The predicted molar refractivity (Wildman–Crippen MR) is 98.8 cm³/mol. The molecule has 2 aromatic rings. The fraction of sp³-hybridized carbons (Fsp3) is 0.235. The molecule has 1 heterocycles. The van der Waals surface area contributed by atoms with Crippen LogP contribution in [0.5, 0.6) is 5.75 Å². The fourth-order valence-corrected chi connectivity index (χ4v) is 2.28. The van der Waals surface area contributed by atoms with Crippen LogP contribution in [0.2, 0.25) is 5.02 Å². The van der Waals surface area contributed by atoms with E-state index >= 15 is 0 Å². The predicted octanol–water partition coefficient (Wildman–Crippen LogP) is 2.68. The quantitative estimate of drug-likeness (QED) is 0.308. The van der Waals surface area contributed by atoms with Crippen molar-refractivity contribution in [2.75, 3.05) is 6.61 Å². The second-order valence-corrected chi connectivity index (χ2v) is 5.83. The van der Waals surface area contributed by atoms with Crippen molar-refractivity contribution in [3.63, 3.8) is 0 Å². The van der Waals surface area contributed by atoms with Crippen molar-refractivity contribution in [3.05, 3.63) is 63.1 Å². The van der Waals surface area contributed by atoms with Crippen molar-refractivity contribution in [3.8, 4) is 5.75 Å². The topological polar surface area (TPSA) is 126 Å². The van der Waals surface area contributed by atoms with E-state index in [0.717, 1.165) is 6.08 Å². The second-order valence-electron chi connectivity index (χ2n) is 5.42. The summed E-state index contributed by atoms with van der Waals surface area (Å²) in [5, 5.41) is 17.4. The van der Waals surface area contributed by atoms with Gasteiger partial charge in [-0.25, -0.2) is 9.48 Å². The zero-order valence-electron chi connectivity index (χ0n) is 15.0. The van der Waals surface area contributed by atoms with E-state index < -0.39 is 16.8 Å². The summed E-state index contributed by atoms with van der Waals surface area (Å²) >= 11 is 5.95. The van der Waals surface area contributed by atoms with Crippen molar-refractivity contribution in [1.29, 1.82) is 0 Å². The number of nitrogens with zero attached hydrogens (tertiary/aromatic N) is 3. The van der Waals surface area contributed by atoms with Gasteiger partial charge < -0.3 is 14.8 Å². The summed E-state index contributed by atoms with van der Waals surface area (Å²) in [5.41, 5.74) is 0.267. The maximum atomic E-state index is 12.1. The van der Waals surface area contributed by atoms with Crippen LogP contribution in [0, 0.1) is 10.1 Å². The first-order valence-corrected chi connectivity index (χ1v) is 8.44. The molecule has 0 fully saturated rings. The molecule has 1 aromatic carbocycles. The molecule has 1 N–H and O–H groups in total. The number of benzene rings is 1. The lowest BCUT2D eigenvalue weighted by Gasteiger charge is -2.08. The van der Waals surface area contributed by atoms with Crippen molar-refractivity contribution >= 4 is 29.2 Å². The van der Waals surface area contributed by atoms with Crippen LogP contribution in [-0.2, 0) is 16.3 Å². The van der Waals surface area contributed by atoms with E-state index in [1.165, 1.54) is 35.1 Å². The molecule has 148 valence electrons. The minimum atomic E-state index is -0.563. The number of hydrogen-bond donors (Lipinski definition) is 1. The average molecular weight is 409 g/mol. The number of esters is 1. The molecular weight excluding hydrogens is 392 g/mol. The van der Waals surface area contributed by atoms with Crippen LogP contribution >= 0.6 is 11.6 Å². The van der Waals surface area contributed by atoms with Crippen molar-refractivity contribution in [2.24, 2.45) is 0 Å². The maximum Gasteiger partial charge on any atom is 0.332 e. The molecule has 0 saturated carbocycles. The minimum Gasteiger partial charge on any atom is -0.470 e. The molecule has 0 unspecified atom stereocenters. The highest BCUT2D eigenvalue weighted by atomic mass is 35.5. The molecule has 0 bridgehead atoms. The zero-order valence-corrected chi connectivity index (χ0v) is 15.8. The van der Waals surface area contributed by atoms with E-state index in [2.05, 4.69) is 10.4 Å². The number of allylic oxidation sites excluding steroid dienone is 1. The zero-order chi connectivity index (χ0) is 20.7. The molecule has 1 aromatic heterocycles. The van der Waals surface area contributed by atoms with Gasteiger partial charge in [0.25, 0.3) is 11.6 Å². The number of aromatic nitrogens is 2. The van der Waals surface area contributed by atoms with Crippen LogP contribution < -0.4 is 10.1 Å². The molecule has 0 aliphatic rings. The van der Waals surface area contributed by atoms with Crippen LogP contribution in [0.25, 0.3) is 0 Å². The van der Waals surface area contributed by atoms with Crippen LogP contribution in [0.3, 0.4) is 0 Å². The Morgan fingerprint density at radius 3 is 2.79 bits per heavy atom. The van der Waals surface area contributed by atoms with Gasteiger partial charge in [0.05, 0.1) is 16.6 Å². The van der Waals surface area contributed by atoms with E-state index in [1.807, 2.05) is 0 Å². The standard InChI is InChI=1S/C17H17ClN4O6/c1-3-27-16(23)8-11(2)19-17(24)14-6-7-21(20-14)10-28-15-5-4-12(22(25)26)9-13(15)18/h4-9H,3,10H2,1-2H3,(H,19,24)/b11-8+. The molecule has 0 spiro atoms. The van der Waals surface area contributed by atoms with E-state index in [4.69, 9.17) is 21.1 Å². The Balaban J connectivity index is 1.96. The molecule has 10 nitrogen and oxygen atoms in total. The first kappa shape index (κ1) is 20.9. The highest BCUT2D eigenvalue weighted by Crippen LogP contribution is 2.28. The van der Waals surface area contributed by atoms with E-state index in [0.29, 0.717) is 5.70 Å². The van der Waals surface area contributed by atoms with Gasteiger partial charge in [-0.05, 0) is 26.0 Å². The fourth-order valence-electron chi connectivity index (χ4n) is 2.05. The summed E-state index contributed by atoms with van der Waals surface area (Å²) in [5.74, 6) is -0.827. The molecule has 1 amide bonds. The normalized spacial score (nSPS) is 11.0. The first-order valence-electron chi connectivity index (χ1n) is 8.06. The number of halogens is 1.